The maximum Gasteiger partial charge on any atom is 0.355 e. The zero-order chi connectivity index (χ0) is 32.6. The van der Waals surface area contributed by atoms with Gasteiger partial charge in [-0.25, -0.2) is 19.2 Å². The Kier molecular flexibility index (Phi) is 9.88. The van der Waals surface area contributed by atoms with Gasteiger partial charge in [-0.15, -0.1) is 0 Å². The summed E-state index contributed by atoms with van der Waals surface area (Å²) in [6.45, 7) is 0.990. The highest BCUT2D eigenvalue weighted by atomic mass is 16.7. The number of benzene rings is 3. The summed E-state index contributed by atoms with van der Waals surface area (Å²) < 4.78 is 29.3. The molecule has 0 spiro atoms. The molecule has 1 fully saturated rings. The van der Waals surface area contributed by atoms with Crippen molar-refractivity contribution in [1.29, 1.82) is 0 Å². The lowest BCUT2D eigenvalue weighted by Gasteiger charge is -2.26. The van der Waals surface area contributed by atoms with Gasteiger partial charge in [-0.3, -0.25) is 9.36 Å². The molecular weight excluding hydrogens is 598 g/mol. The van der Waals surface area contributed by atoms with Gasteiger partial charge >= 0.3 is 23.9 Å². The molecule has 12 heteroatoms. The molecule has 0 amide bonds. The van der Waals surface area contributed by atoms with E-state index in [-0.39, 0.29) is 23.3 Å². The fraction of sp³-hybridized carbons (Fsp3) is 0.206. The molecule has 5 rings (SSSR count). The lowest BCUT2D eigenvalue weighted by atomic mass is 10.1. The number of hydrogen-bond acceptors (Lipinski definition) is 11. The van der Waals surface area contributed by atoms with Crippen LogP contribution >= 0.6 is 0 Å². The van der Waals surface area contributed by atoms with E-state index in [1.165, 1.54) is 24.3 Å². The van der Waals surface area contributed by atoms with Crippen molar-refractivity contribution >= 4 is 23.9 Å². The predicted octanol–water partition coefficient (Wildman–Crippen LogP) is 3.94. The number of aromatic nitrogens is 1. The van der Waals surface area contributed by atoms with E-state index in [0.717, 1.165) is 16.7 Å². The van der Waals surface area contributed by atoms with Crippen LogP contribution in [0, 0.1) is 0 Å². The first kappa shape index (κ1) is 31.7. The zero-order valence-electron chi connectivity index (χ0n) is 24.5. The Bertz CT molecular complexity index is 1760. The minimum atomic E-state index is -1.60. The van der Waals surface area contributed by atoms with Crippen LogP contribution in [0.3, 0.4) is 0 Å². The van der Waals surface area contributed by atoms with Crippen LogP contribution in [0.15, 0.2) is 108 Å². The lowest BCUT2D eigenvalue weighted by Crippen LogP contribution is -2.43. The maximum atomic E-state index is 13.4. The van der Waals surface area contributed by atoms with Crippen molar-refractivity contribution in [3.63, 3.8) is 0 Å². The summed E-state index contributed by atoms with van der Waals surface area (Å²) in [6, 6.07) is 25.8. The fourth-order valence-electron chi connectivity index (χ4n) is 4.86. The third-order valence-electron chi connectivity index (χ3n) is 6.97. The first-order chi connectivity index (χ1) is 22.3. The van der Waals surface area contributed by atoms with Crippen molar-refractivity contribution in [2.75, 3.05) is 13.2 Å². The number of carbonyl (C=O) groups is 4. The first-order valence-corrected chi connectivity index (χ1v) is 14.3. The summed E-state index contributed by atoms with van der Waals surface area (Å²) in [4.78, 5) is 65.8. The molecule has 1 saturated heterocycles. The Morgan fingerprint density at radius 1 is 0.696 bits per heavy atom. The highest BCUT2D eigenvalue weighted by molar-refractivity contribution is 5.91. The van der Waals surface area contributed by atoms with Gasteiger partial charge in [-0.05, 0) is 43.3 Å². The Hall–Kier alpha value is -5.75. The number of carbonyl (C=O) groups excluding carboxylic acids is 4. The first-order valence-electron chi connectivity index (χ1n) is 14.3. The molecule has 1 N–H and O–H groups in total. The van der Waals surface area contributed by atoms with Crippen LogP contribution in [0.25, 0.3) is 0 Å². The SMILES string of the molecule is CCOC(=O)c1cc(O)cc(=O)n1[C@@H]1O[C@H](COC(=O)c2ccccc2)[C@@H](OC(=O)c2ccccc2)[C@H]1OC(=O)c1ccccc1. The summed E-state index contributed by atoms with van der Waals surface area (Å²) in [5.74, 6) is -3.90. The van der Waals surface area contributed by atoms with Gasteiger partial charge in [0.05, 0.1) is 23.3 Å². The van der Waals surface area contributed by atoms with Crippen molar-refractivity contribution < 1.29 is 48.0 Å². The molecule has 236 valence electrons. The van der Waals surface area contributed by atoms with Crippen LogP contribution in [0.1, 0.15) is 54.7 Å². The van der Waals surface area contributed by atoms with E-state index in [9.17, 15) is 29.1 Å². The van der Waals surface area contributed by atoms with E-state index in [2.05, 4.69) is 0 Å². The molecule has 4 atom stereocenters. The van der Waals surface area contributed by atoms with Gasteiger partial charge in [0.25, 0.3) is 5.56 Å². The molecule has 0 bridgehead atoms. The Morgan fingerprint density at radius 3 is 1.72 bits per heavy atom. The molecular formula is C34H29NO11. The number of ether oxygens (including phenoxy) is 5. The Balaban J connectivity index is 1.58. The molecule has 0 aliphatic carbocycles. The number of esters is 4. The van der Waals surface area contributed by atoms with Gasteiger partial charge in [-0.2, -0.15) is 0 Å². The quantitative estimate of drug-likeness (QED) is 0.201. The van der Waals surface area contributed by atoms with Gasteiger partial charge < -0.3 is 28.8 Å². The Morgan fingerprint density at radius 2 is 1.20 bits per heavy atom. The average Bonchev–Trinajstić information content (AvgIpc) is 3.39. The van der Waals surface area contributed by atoms with Crippen molar-refractivity contribution in [2.45, 2.75) is 31.5 Å². The van der Waals surface area contributed by atoms with Crippen LogP contribution < -0.4 is 5.56 Å². The van der Waals surface area contributed by atoms with E-state index in [1.54, 1.807) is 73.7 Å². The topological polar surface area (TPSA) is 157 Å². The van der Waals surface area contributed by atoms with Gasteiger partial charge in [-0.1, -0.05) is 54.6 Å². The highest BCUT2D eigenvalue weighted by Crippen LogP contribution is 2.36. The monoisotopic (exact) mass is 627 g/mol. The van der Waals surface area contributed by atoms with E-state index < -0.39 is 72.0 Å². The normalized spacial score (nSPS) is 18.7. The predicted molar refractivity (Wildman–Crippen MR) is 160 cm³/mol. The van der Waals surface area contributed by atoms with Gasteiger partial charge in [0.2, 0.25) is 0 Å². The highest BCUT2D eigenvalue weighted by Gasteiger charge is 2.52. The van der Waals surface area contributed by atoms with Crippen LogP contribution in [0.2, 0.25) is 0 Å². The summed E-state index contributed by atoms with van der Waals surface area (Å²) in [6.07, 6.45) is -5.91. The second-order valence-corrected chi connectivity index (χ2v) is 10.0. The van der Waals surface area contributed by atoms with Gasteiger partial charge in [0.15, 0.2) is 18.4 Å². The number of aromatic hydroxyl groups is 1. The van der Waals surface area contributed by atoms with Crippen molar-refractivity contribution in [2.24, 2.45) is 0 Å². The zero-order valence-corrected chi connectivity index (χ0v) is 24.5. The molecule has 2 heterocycles. The van der Waals surface area contributed by atoms with Crippen molar-refractivity contribution in [3.8, 4) is 5.75 Å². The van der Waals surface area contributed by atoms with Crippen LogP contribution in [0.4, 0.5) is 0 Å². The standard InChI is InChI=1S/C34H29NO11/c1-2-42-34(41)25-18-24(36)19-27(37)35(25)30-29(46-33(40)23-16-10-5-11-17-23)28(45-32(39)22-14-8-4-9-15-22)26(44-30)20-43-31(38)21-12-6-3-7-13-21/h3-19,26,28-30,36H,2,20H2,1H3/t26-,28-,29-,30-/m1/s1. The van der Waals surface area contributed by atoms with Gasteiger partial charge in [0, 0.05) is 12.1 Å². The molecule has 0 radical (unpaired) electrons. The minimum Gasteiger partial charge on any atom is -0.508 e. The third-order valence-corrected chi connectivity index (χ3v) is 6.97. The van der Waals surface area contributed by atoms with Crippen molar-refractivity contribution in [3.05, 3.63) is 136 Å². The minimum absolute atomic E-state index is 0.0595. The smallest absolute Gasteiger partial charge is 0.355 e. The van der Waals surface area contributed by atoms with Crippen LogP contribution in [-0.2, 0) is 23.7 Å². The summed E-state index contributed by atoms with van der Waals surface area (Å²) in [7, 11) is 0. The number of rotatable bonds is 10. The summed E-state index contributed by atoms with van der Waals surface area (Å²) >= 11 is 0. The summed E-state index contributed by atoms with van der Waals surface area (Å²) in [5.41, 5.74) is -0.803. The van der Waals surface area contributed by atoms with Crippen molar-refractivity contribution in [1.82, 2.24) is 4.57 Å². The molecule has 0 unspecified atom stereocenters. The molecule has 12 nitrogen and oxygen atoms in total. The maximum absolute atomic E-state index is 13.4. The van der Waals surface area contributed by atoms with E-state index in [1.807, 2.05) is 0 Å². The number of nitrogens with zero attached hydrogens (tertiary/aromatic N) is 1. The second-order valence-electron chi connectivity index (χ2n) is 10.0. The fourth-order valence-corrected chi connectivity index (χ4v) is 4.86. The Labute approximate surface area is 262 Å². The largest absolute Gasteiger partial charge is 0.508 e. The average molecular weight is 628 g/mol. The lowest BCUT2D eigenvalue weighted by molar-refractivity contribution is -0.0646. The van der Waals surface area contributed by atoms with Crippen LogP contribution in [0.5, 0.6) is 5.75 Å². The number of hydrogen-bond donors (Lipinski definition) is 1. The molecule has 46 heavy (non-hydrogen) atoms. The van der Waals surface area contributed by atoms with E-state index >= 15 is 0 Å². The van der Waals surface area contributed by atoms with Gasteiger partial charge in [0.1, 0.15) is 24.2 Å². The summed E-state index contributed by atoms with van der Waals surface area (Å²) in [5, 5.41) is 10.2. The molecule has 3 aromatic carbocycles. The van der Waals surface area contributed by atoms with Crippen LogP contribution in [-0.4, -0.2) is 65.1 Å². The van der Waals surface area contributed by atoms with E-state index in [4.69, 9.17) is 23.7 Å². The second kappa shape index (κ2) is 14.4. The molecule has 4 aromatic rings. The molecule has 1 aliphatic rings. The number of pyridine rings is 1. The van der Waals surface area contributed by atoms with E-state index in [0.29, 0.717) is 0 Å². The molecule has 1 aromatic heterocycles. The molecule has 1 aliphatic heterocycles. The third kappa shape index (κ3) is 7.13. The molecule has 0 saturated carbocycles.